The summed E-state index contributed by atoms with van der Waals surface area (Å²) in [6.45, 7) is 4.28. The number of carbonyl (C=O) groups is 1. The maximum absolute atomic E-state index is 11.7. The third-order valence-electron chi connectivity index (χ3n) is 7.57. The second-order valence-corrected chi connectivity index (χ2v) is 10.4. The van der Waals surface area contributed by atoms with Gasteiger partial charge in [-0.25, -0.2) is 0 Å². The van der Waals surface area contributed by atoms with Crippen molar-refractivity contribution in [2.45, 2.75) is 116 Å². The molecule has 1 aliphatic carbocycles. The number of unbranched alkanes of at least 4 members (excludes halogenated alkanes) is 7. The van der Waals surface area contributed by atoms with Gasteiger partial charge in [-0.05, 0) is 72.8 Å². The number of carbonyl (C=O) groups excluding carboxylic acids is 1. The molecule has 0 radical (unpaired) electrons. The zero-order valence-electron chi connectivity index (χ0n) is 21.7. The molecule has 1 fully saturated rings. The first-order chi connectivity index (χ1) is 16.7. The molecule has 3 rings (SSSR count). The largest absolute Gasteiger partial charge is 0.427 e. The zero-order chi connectivity index (χ0) is 24.0. The highest BCUT2D eigenvalue weighted by molar-refractivity contribution is 5.73. The Kier molecular flexibility index (Phi) is 11.7. The minimum atomic E-state index is -0.160. The Bertz CT molecular complexity index is 813. The molecule has 186 valence electrons. The minimum Gasteiger partial charge on any atom is -0.427 e. The summed E-state index contributed by atoms with van der Waals surface area (Å²) in [6.07, 6.45) is 19.6. The van der Waals surface area contributed by atoms with Gasteiger partial charge in [0.1, 0.15) is 5.75 Å². The lowest BCUT2D eigenvalue weighted by Crippen LogP contribution is -2.13. The predicted octanol–water partition coefficient (Wildman–Crippen LogP) is 9.86. The number of rotatable bonds is 14. The molecule has 0 unspecified atom stereocenters. The molecule has 0 saturated heterocycles. The summed E-state index contributed by atoms with van der Waals surface area (Å²) in [5.41, 5.74) is 3.88. The summed E-state index contributed by atoms with van der Waals surface area (Å²) in [5.74, 6) is 2.15. The van der Waals surface area contributed by atoms with Crippen molar-refractivity contribution < 1.29 is 9.53 Å². The van der Waals surface area contributed by atoms with Crippen LogP contribution >= 0.6 is 0 Å². The summed E-state index contributed by atoms with van der Waals surface area (Å²) >= 11 is 0. The highest BCUT2D eigenvalue weighted by atomic mass is 16.5. The van der Waals surface area contributed by atoms with Crippen molar-refractivity contribution >= 4 is 5.97 Å². The molecule has 0 N–H and O–H groups in total. The van der Waals surface area contributed by atoms with Crippen molar-refractivity contribution in [2.75, 3.05) is 0 Å². The standard InChI is InChI=1S/C32H46O2/c1-3-5-6-7-8-9-10-11-13-26-14-16-27(17-15-26)28-18-20-29(21-19-28)30-22-24-31(25-23-30)34-32(33)12-4-2/h18-27H,3-17H2,1-2H3. The van der Waals surface area contributed by atoms with Crippen LogP contribution in [0.15, 0.2) is 48.5 Å². The first kappa shape index (κ1) is 26.5. The van der Waals surface area contributed by atoms with E-state index in [4.69, 9.17) is 4.74 Å². The van der Waals surface area contributed by atoms with E-state index in [-0.39, 0.29) is 5.97 Å². The Hall–Kier alpha value is -2.09. The summed E-state index contributed by atoms with van der Waals surface area (Å²) in [5, 5.41) is 0. The van der Waals surface area contributed by atoms with E-state index in [1.807, 2.05) is 31.2 Å². The van der Waals surface area contributed by atoms with E-state index < -0.39 is 0 Å². The number of esters is 1. The molecule has 0 aromatic heterocycles. The highest BCUT2D eigenvalue weighted by Gasteiger charge is 2.22. The molecule has 2 nitrogen and oxygen atoms in total. The Morgan fingerprint density at radius 3 is 1.85 bits per heavy atom. The van der Waals surface area contributed by atoms with Crippen molar-refractivity contribution in [3.8, 4) is 16.9 Å². The molecule has 0 heterocycles. The molecule has 0 atom stereocenters. The maximum atomic E-state index is 11.7. The smallest absolute Gasteiger partial charge is 0.311 e. The average Bonchev–Trinajstić information content (AvgIpc) is 2.87. The van der Waals surface area contributed by atoms with E-state index in [1.165, 1.54) is 94.6 Å². The van der Waals surface area contributed by atoms with Gasteiger partial charge in [0.2, 0.25) is 0 Å². The van der Waals surface area contributed by atoms with Crippen molar-refractivity contribution in [2.24, 2.45) is 5.92 Å². The van der Waals surface area contributed by atoms with Gasteiger partial charge in [0.15, 0.2) is 0 Å². The fraction of sp³-hybridized carbons (Fsp3) is 0.594. The lowest BCUT2D eigenvalue weighted by Gasteiger charge is -2.29. The second kappa shape index (κ2) is 15.0. The van der Waals surface area contributed by atoms with Crippen LogP contribution in [0.3, 0.4) is 0 Å². The lowest BCUT2D eigenvalue weighted by atomic mass is 9.77. The number of benzene rings is 2. The zero-order valence-corrected chi connectivity index (χ0v) is 21.7. The summed E-state index contributed by atoms with van der Waals surface area (Å²) < 4.78 is 5.37. The monoisotopic (exact) mass is 462 g/mol. The Morgan fingerprint density at radius 2 is 1.26 bits per heavy atom. The maximum Gasteiger partial charge on any atom is 0.311 e. The molecule has 0 bridgehead atoms. The van der Waals surface area contributed by atoms with Crippen LogP contribution in [-0.2, 0) is 4.79 Å². The second-order valence-electron chi connectivity index (χ2n) is 10.4. The van der Waals surface area contributed by atoms with Gasteiger partial charge in [0, 0.05) is 6.42 Å². The van der Waals surface area contributed by atoms with Gasteiger partial charge in [-0.3, -0.25) is 4.79 Å². The molecule has 2 aromatic carbocycles. The van der Waals surface area contributed by atoms with Gasteiger partial charge < -0.3 is 4.74 Å². The first-order valence-electron chi connectivity index (χ1n) is 14.1. The van der Waals surface area contributed by atoms with E-state index in [0.717, 1.165) is 23.8 Å². The van der Waals surface area contributed by atoms with Gasteiger partial charge in [0.05, 0.1) is 0 Å². The van der Waals surface area contributed by atoms with Gasteiger partial charge in [0.25, 0.3) is 0 Å². The number of hydrogen-bond acceptors (Lipinski definition) is 2. The number of ether oxygens (including phenoxy) is 1. The summed E-state index contributed by atoms with van der Waals surface area (Å²) in [7, 11) is 0. The molecule has 34 heavy (non-hydrogen) atoms. The van der Waals surface area contributed by atoms with E-state index in [9.17, 15) is 4.79 Å². The Labute approximate surface area is 208 Å². The van der Waals surface area contributed by atoms with E-state index in [1.54, 1.807) is 0 Å². The Balaban J connectivity index is 1.37. The molecular weight excluding hydrogens is 416 g/mol. The molecule has 1 aliphatic rings. The molecule has 0 amide bonds. The molecule has 2 aromatic rings. The van der Waals surface area contributed by atoms with E-state index >= 15 is 0 Å². The van der Waals surface area contributed by atoms with Gasteiger partial charge in [-0.15, -0.1) is 0 Å². The highest BCUT2D eigenvalue weighted by Crippen LogP contribution is 2.38. The van der Waals surface area contributed by atoms with Crippen molar-refractivity contribution in [3.05, 3.63) is 54.1 Å². The van der Waals surface area contributed by atoms with Gasteiger partial charge in [-0.2, -0.15) is 0 Å². The summed E-state index contributed by atoms with van der Waals surface area (Å²) in [6, 6.07) is 17.0. The first-order valence-corrected chi connectivity index (χ1v) is 14.1. The summed E-state index contributed by atoms with van der Waals surface area (Å²) in [4.78, 5) is 11.7. The lowest BCUT2D eigenvalue weighted by molar-refractivity contribution is -0.134. The molecule has 0 aliphatic heterocycles. The van der Waals surface area contributed by atoms with Crippen LogP contribution in [-0.4, -0.2) is 5.97 Å². The number of hydrogen-bond donors (Lipinski definition) is 0. The Morgan fingerprint density at radius 1 is 0.706 bits per heavy atom. The van der Waals surface area contributed by atoms with Crippen molar-refractivity contribution in [1.82, 2.24) is 0 Å². The van der Waals surface area contributed by atoms with Crippen molar-refractivity contribution in [3.63, 3.8) is 0 Å². The predicted molar refractivity (Wildman–Crippen MR) is 144 cm³/mol. The van der Waals surface area contributed by atoms with Crippen LogP contribution < -0.4 is 4.74 Å². The SMILES string of the molecule is CCCCCCCCCCC1CCC(c2ccc(-c3ccc(OC(=O)CCC)cc3)cc2)CC1. The van der Waals surface area contributed by atoms with Crippen LogP contribution in [0.1, 0.15) is 122 Å². The quantitative estimate of drug-likeness (QED) is 0.159. The average molecular weight is 463 g/mol. The topological polar surface area (TPSA) is 26.3 Å². The normalized spacial score (nSPS) is 18.1. The van der Waals surface area contributed by atoms with Gasteiger partial charge in [-0.1, -0.05) is 108 Å². The molecule has 2 heteroatoms. The molecular formula is C32H46O2. The fourth-order valence-corrected chi connectivity index (χ4v) is 5.40. The van der Waals surface area contributed by atoms with Crippen LogP contribution in [0.5, 0.6) is 5.75 Å². The van der Waals surface area contributed by atoms with E-state index in [2.05, 4.69) is 31.2 Å². The van der Waals surface area contributed by atoms with Crippen molar-refractivity contribution in [1.29, 1.82) is 0 Å². The molecule has 0 spiro atoms. The third-order valence-corrected chi connectivity index (χ3v) is 7.57. The van der Waals surface area contributed by atoms with Crippen LogP contribution in [0.4, 0.5) is 0 Å². The molecule has 1 saturated carbocycles. The minimum absolute atomic E-state index is 0.160. The van der Waals surface area contributed by atoms with Crippen LogP contribution in [0.2, 0.25) is 0 Å². The van der Waals surface area contributed by atoms with E-state index in [0.29, 0.717) is 12.2 Å². The van der Waals surface area contributed by atoms with Gasteiger partial charge >= 0.3 is 5.97 Å². The third kappa shape index (κ3) is 8.93. The fourth-order valence-electron chi connectivity index (χ4n) is 5.40. The van der Waals surface area contributed by atoms with Crippen LogP contribution in [0, 0.1) is 5.92 Å². The van der Waals surface area contributed by atoms with Crippen LogP contribution in [0.25, 0.3) is 11.1 Å².